The normalized spacial score (nSPS) is 23.3. The minimum atomic E-state index is 0. The Kier molecular flexibility index (Phi) is 7.77. The van der Waals surface area contributed by atoms with Crippen molar-refractivity contribution in [1.82, 2.24) is 9.80 Å². The Hall–Kier alpha value is -0.520. The maximum absolute atomic E-state index is 5.84. The van der Waals surface area contributed by atoms with Crippen LogP contribution in [0.4, 0.5) is 5.69 Å². The van der Waals surface area contributed by atoms with E-state index in [0.717, 1.165) is 38.5 Å². The van der Waals surface area contributed by atoms with Crippen LogP contribution in [0.25, 0.3) is 0 Å². The summed E-state index contributed by atoms with van der Waals surface area (Å²) < 4.78 is 5.43. The third kappa shape index (κ3) is 5.01. The van der Waals surface area contributed by atoms with Crippen molar-refractivity contribution in [2.24, 2.45) is 0 Å². The molecule has 2 saturated heterocycles. The highest BCUT2D eigenvalue weighted by Gasteiger charge is 2.28. The summed E-state index contributed by atoms with van der Waals surface area (Å²) in [4.78, 5) is 5.12. The molecule has 0 saturated carbocycles. The zero-order valence-electron chi connectivity index (χ0n) is 12.2. The molecule has 0 amide bonds. The van der Waals surface area contributed by atoms with E-state index in [0.29, 0.717) is 6.04 Å². The maximum atomic E-state index is 5.84. The summed E-state index contributed by atoms with van der Waals surface area (Å²) in [5, 5.41) is 0. The molecule has 0 spiro atoms. The summed E-state index contributed by atoms with van der Waals surface area (Å²) in [5.74, 6) is 0. The minimum Gasteiger partial charge on any atom is -0.399 e. The fourth-order valence-corrected chi connectivity index (χ4v) is 3.15. The van der Waals surface area contributed by atoms with Crippen LogP contribution in [-0.2, 0) is 11.3 Å². The predicted molar refractivity (Wildman–Crippen MR) is 91.4 cm³/mol. The van der Waals surface area contributed by atoms with E-state index in [2.05, 4.69) is 21.9 Å². The molecule has 1 atom stereocenters. The van der Waals surface area contributed by atoms with Crippen molar-refractivity contribution in [1.29, 1.82) is 0 Å². The number of benzene rings is 1. The second kappa shape index (κ2) is 8.81. The molecule has 3 rings (SSSR count). The summed E-state index contributed by atoms with van der Waals surface area (Å²) in [6.45, 7) is 7.36. The van der Waals surface area contributed by atoms with Gasteiger partial charge in [0.1, 0.15) is 0 Å². The van der Waals surface area contributed by atoms with Gasteiger partial charge in [0, 0.05) is 44.5 Å². The number of halogens is 2. The predicted octanol–water partition coefficient (Wildman–Crippen LogP) is 2.02. The van der Waals surface area contributed by atoms with Crippen LogP contribution in [0, 0.1) is 0 Å². The molecule has 1 unspecified atom stereocenters. The van der Waals surface area contributed by atoms with Crippen molar-refractivity contribution in [2.75, 3.05) is 45.1 Å². The molecule has 21 heavy (non-hydrogen) atoms. The van der Waals surface area contributed by atoms with Crippen molar-refractivity contribution in [3.63, 3.8) is 0 Å². The highest BCUT2D eigenvalue weighted by molar-refractivity contribution is 5.85. The van der Waals surface area contributed by atoms with Gasteiger partial charge in [0.15, 0.2) is 0 Å². The number of nitrogens with two attached hydrogens (primary N) is 1. The fraction of sp³-hybridized carbons (Fsp3) is 0.600. The molecule has 0 aromatic heterocycles. The van der Waals surface area contributed by atoms with Crippen molar-refractivity contribution in [3.05, 3.63) is 29.8 Å². The SMILES string of the molecule is Cl.Cl.Nc1cccc(CN2CCC(N3CCOCC3)C2)c1. The molecule has 2 aliphatic rings. The first-order valence-corrected chi connectivity index (χ1v) is 7.20. The lowest BCUT2D eigenvalue weighted by Gasteiger charge is -2.32. The van der Waals surface area contributed by atoms with Crippen LogP contribution in [0.3, 0.4) is 0 Å². The highest BCUT2D eigenvalue weighted by Crippen LogP contribution is 2.19. The summed E-state index contributed by atoms with van der Waals surface area (Å²) in [5.41, 5.74) is 8.02. The van der Waals surface area contributed by atoms with E-state index in [1.165, 1.54) is 25.1 Å². The van der Waals surface area contributed by atoms with Crippen LogP contribution < -0.4 is 5.73 Å². The van der Waals surface area contributed by atoms with Crippen molar-refractivity contribution >= 4 is 30.5 Å². The molecule has 2 aliphatic heterocycles. The number of ether oxygens (including phenoxy) is 1. The van der Waals surface area contributed by atoms with Crippen LogP contribution in [0.15, 0.2) is 24.3 Å². The third-order valence-corrected chi connectivity index (χ3v) is 4.17. The second-order valence-corrected chi connectivity index (χ2v) is 5.57. The van der Waals surface area contributed by atoms with Crippen LogP contribution in [0.2, 0.25) is 0 Å². The monoisotopic (exact) mass is 333 g/mol. The zero-order valence-corrected chi connectivity index (χ0v) is 13.9. The average molecular weight is 334 g/mol. The smallest absolute Gasteiger partial charge is 0.0594 e. The summed E-state index contributed by atoms with van der Waals surface area (Å²) in [6, 6.07) is 8.95. The largest absolute Gasteiger partial charge is 0.399 e. The summed E-state index contributed by atoms with van der Waals surface area (Å²) in [7, 11) is 0. The molecule has 120 valence electrons. The highest BCUT2D eigenvalue weighted by atomic mass is 35.5. The first-order valence-electron chi connectivity index (χ1n) is 7.20. The van der Waals surface area contributed by atoms with Crippen LogP contribution in [0.5, 0.6) is 0 Å². The Bertz CT molecular complexity index is 427. The van der Waals surface area contributed by atoms with Gasteiger partial charge in [-0.1, -0.05) is 12.1 Å². The van der Waals surface area contributed by atoms with Crippen LogP contribution in [-0.4, -0.2) is 55.2 Å². The quantitative estimate of drug-likeness (QED) is 0.859. The second-order valence-electron chi connectivity index (χ2n) is 5.57. The van der Waals surface area contributed by atoms with E-state index >= 15 is 0 Å². The number of hydrogen-bond donors (Lipinski definition) is 1. The van der Waals surface area contributed by atoms with Gasteiger partial charge in [-0.05, 0) is 24.1 Å². The van der Waals surface area contributed by atoms with Gasteiger partial charge >= 0.3 is 0 Å². The number of hydrogen-bond acceptors (Lipinski definition) is 4. The number of nitrogen functional groups attached to an aromatic ring is 1. The molecule has 0 bridgehead atoms. The molecular weight excluding hydrogens is 309 g/mol. The third-order valence-electron chi connectivity index (χ3n) is 4.17. The van der Waals surface area contributed by atoms with Gasteiger partial charge < -0.3 is 10.5 Å². The topological polar surface area (TPSA) is 41.7 Å². The maximum Gasteiger partial charge on any atom is 0.0594 e. The Morgan fingerprint density at radius 3 is 2.62 bits per heavy atom. The molecule has 0 aliphatic carbocycles. The molecule has 2 heterocycles. The lowest BCUT2D eigenvalue weighted by atomic mass is 10.2. The molecule has 2 fully saturated rings. The van der Waals surface area contributed by atoms with E-state index in [4.69, 9.17) is 10.5 Å². The Labute approximate surface area is 139 Å². The Morgan fingerprint density at radius 1 is 1.14 bits per heavy atom. The van der Waals surface area contributed by atoms with Gasteiger partial charge in [0.2, 0.25) is 0 Å². The zero-order chi connectivity index (χ0) is 13.1. The molecule has 4 nitrogen and oxygen atoms in total. The van der Waals surface area contributed by atoms with E-state index in [9.17, 15) is 0 Å². The fourth-order valence-electron chi connectivity index (χ4n) is 3.15. The average Bonchev–Trinajstić information content (AvgIpc) is 2.88. The standard InChI is InChI=1S/C15H23N3O.2ClH/c16-14-3-1-2-13(10-14)11-17-5-4-15(12-17)18-6-8-19-9-7-18;;/h1-3,10,15H,4-9,11-12,16H2;2*1H. The lowest BCUT2D eigenvalue weighted by Crippen LogP contribution is -2.44. The summed E-state index contributed by atoms with van der Waals surface area (Å²) >= 11 is 0. The van der Waals surface area contributed by atoms with Gasteiger partial charge in [0.25, 0.3) is 0 Å². The van der Waals surface area contributed by atoms with E-state index < -0.39 is 0 Å². The van der Waals surface area contributed by atoms with Crippen molar-refractivity contribution < 1.29 is 4.74 Å². The van der Waals surface area contributed by atoms with Crippen molar-refractivity contribution in [3.8, 4) is 0 Å². The number of anilines is 1. The minimum absolute atomic E-state index is 0. The first kappa shape index (κ1) is 18.5. The van der Waals surface area contributed by atoms with Gasteiger partial charge in [0.05, 0.1) is 13.2 Å². The molecule has 0 radical (unpaired) electrons. The number of rotatable bonds is 3. The lowest BCUT2D eigenvalue weighted by molar-refractivity contribution is 0.0184. The van der Waals surface area contributed by atoms with Crippen LogP contribution in [0.1, 0.15) is 12.0 Å². The van der Waals surface area contributed by atoms with Crippen LogP contribution >= 0.6 is 24.8 Å². The van der Waals surface area contributed by atoms with Gasteiger partial charge in [-0.3, -0.25) is 9.80 Å². The van der Waals surface area contributed by atoms with E-state index in [-0.39, 0.29) is 24.8 Å². The number of likely N-dealkylation sites (tertiary alicyclic amines) is 1. The Morgan fingerprint density at radius 2 is 1.90 bits per heavy atom. The first-order chi connectivity index (χ1) is 9.31. The van der Waals surface area contributed by atoms with E-state index in [1.807, 2.05) is 12.1 Å². The number of nitrogens with zero attached hydrogens (tertiary/aromatic N) is 2. The molecule has 2 N–H and O–H groups in total. The van der Waals surface area contributed by atoms with E-state index in [1.54, 1.807) is 0 Å². The molecular formula is C15H25Cl2N3O. The molecule has 1 aromatic carbocycles. The molecule has 1 aromatic rings. The van der Waals surface area contributed by atoms with Gasteiger partial charge in [-0.25, -0.2) is 0 Å². The number of morpholine rings is 1. The van der Waals surface area contributed by atoms with Gasteiger partial charge in [-0.15, -0.1) is 24.8 Å². The van der Waals surface area contributed by atoms with Gasteiger partial charge in [-0.2, -0.15) is 0 Å². The molecule has 6 heteroatoms. The summed E-state index contributed by atoms with van der Waals surface area (Å²) in [6.07, 6.45) is 1.28. The Balaban J connectivity index is 0.00000110. The van der Waals surface area contributed by atoms with Crippen molar-refractivity contribution in [2.45, 2.75) is 19.0 Å².